The Balaban J connectivity index is 1.56. The second-order valence-electron chi connectivity index (χ2n) is 7.96. The van der Waals surface area contributed by atoms with E-state index < -0.39 is 10.0 Å². The van der Waals surface area contributed by atoms with Crippen LogP contribution < -0.4 is 4.90 Å². The molecular weight excluding hydrogens is 380 g/mol. The number of nitrogens with zero attached hydrogens (tertiary/aromatic N) is 4. The summed E-state index contributed by atoms with van der Waals surface area (Å²) in [7, 11) is -1.43. The molecule has 0 spiro atoms. The van der Waals surface area contributed by atoms with Crippen LogP contribution in [0.15, 0.2) is 0 Å². The molecule has 27 heavy (non-hydrogen) atoms. The van der Waals surface area contributed by atoms with Gasteiger partial charge in [-0.15, -0.1) is 11.3 Å². The number of hydrogen-bond acceptors (Lipinski definition) is 6. The minimum Gasteiger partial charge on any atom is -0.356 e. The molecule has 0 saturated carbocycles. The first-order chi connectivity index (χ1) is 12.8. The predicted molar refractivity (Wildman–Crippen MR) is 111 cm³/mol. The Morgan fingerprint density at radius 3 is 2.59 bits per heavy atom. The van der Waals surface area contributed by atoms with Gasteiger partial charge in [0.25, 0.3) is 0 Å². The largest absolute Gasteiger partial charge is 0.356 e. The summed E-state index contributed by atoms with van der Waals surface area (Å²) in [5, 5.41) is 1.28. The lowest BCUT2D eigenvalue weighted by molar-refractivity contribution is 0.329. The van der Waals surface area contributed by atoms with Crippen molar-refractivity contribution < 1.29 is 8.42 Å². The summed E-state index contributed by atoms with van der Waals surface area (Å²) < 4.78 is 24.8. The van der Waals surface area contributed by atoms with Crippen molar-refractivity contribution in [3.63, 3.8) is 0 Å². The third-order valence-corrected chi connectivity index (χ3v) is 8.37. The Kier molecular flexibility index (Phi) is 5.16. The quantitative estimate of drug-likeness (QED) is 0.778. The molecule has 3 heterocycles. The van der Waals surface area contributed by atoms with Gasteiger partial charge < -0.3 is 4.90 Å². The van der Waals surface area contributed by atoms with Crippen LogP contribution in [-0.4, -0.2) is 55.6 Å². The van der Waals surface area contributed by atoms with E-state index in [2.05, 4.69) is 4.90 Å². The third-order valence-electron chi connectivity index (χ3n) is 5.90. The molecule has 0 radical (unpaired) electrons. The van der Waals surface area contributed by atoms with Crippen molar-refractivity contribution in [1.82, 2.24) is 14.3 Å². The molecule has 1 fully saturated rings. The number of rotatable bonds is 4. The second-order valence-corrected chi connectivity index (χ2v) is 11.1. The molecule has 0 bridgehead atoms. The maximum atomic E-state index is 11.7. The molecule has 8 heteroatoms. The second kappa shape index (κ2) is 7.29. The van der Waals surface area contributed by atoms with E-state index in [1.54, 1.807) is 7.05 Å². The summed E-state index contributed by atoms with van der Waals surface area (Å²) >= 11 is 1.85. The van der Waals surface area contributed by atoms with Crippen LogP contribution in [0.4, 0.5) is 5.82 Å². The highest BCUT2D eigenvalue weighted by atomic mass is 32.2. The normalized spacial score (nSPS) is 19.0. The van der Waals surface area contributed by atoms with Crippen molar-refractivity contribution in [3.05, 3.63) is 16.3 Å². The van der Waals surface area contributed by atoms with E-state index in [1.165, 1.54) is 45.7 Å². The minimum atomic E-state index is -3.10. The first-order valence-electron chi connectivity index (χ1n) is 9.78. The summed E-state index contributed by atoms with van der Waals surface area (Å²) in [6, 6.07) is 0. The van der Waals surface area contributed by atoms with Crippen molar-refractivity contribution in [2.24, 2.45) is 5.92 Å². The fraction of sp³-hybridized carbons (Fsp3) is 0.684. The smallest absolute Gasteiger partial charge is 0.210 e. The molecule has 0 atom stereocenters. The van der Waals surface area contributed by atoms with Gasteiger partial charge in [0.2, 0.25) is 10.0 Å². The van der Waals surface area contributed by atoms with Crippen molar-refractivity contribution in [2.45, 2.75) is 45.4 Å². The molecule has 6 nitrogen and oxygen atoms in total. The van der Waals surface area contributed by atoms with Crippen LogP contribution in [0.1, 0.15) is 41.9 Å². The fourth-order valence-electron chi connectivity index (χ4n) is 4.30. The zero-order valence-corrected chi connectivity index (χ0v) is 18.0. The van der Waals surface area contributed by atoms with E-state index in [4.69, 9.17) is 9.97 Å². The third kappa shape index (κ3) is 3.84. The molecular formula is C19H28N4O2S2. The zero-order chi connectivity index (χ0) is 19.2. The number of aryl methyl sites for hydroxylation is 3. The van der Waals surface area contributed by atoms with Crippen LogP contribution in [0.5, 0.6) is 0 Å². The summed E-state index contributed by atoms with van der Waals surface area (Å²) in [6.45, 7) is 4.45. The molecule has 148 valence electrons. The number of anilines is 1. The van der Waals surface area contributed by atoms with Gasteiger partial charge in [-0.25, -0.2) is 22.7 Å². The number of hydrogen-bond donors (Lipinski definition) is 0. The molecule has 1 aliphatic carbocycles. The zero-order valence-electron chi connectivity index (χ0n) is 16.4. The van der Waals surface area contributed by atoms with E-state index >= 15 is 0 Å². The molecule has 1 saturated heterocycles. The Labute approximate surface area is 165 Å². The number of thiophene rings is 1. The average molecular weight is 409 g/mol. The highest BCUT2D eigenvalue weighted by Crippen LogP contribution is 2.40. The van der Waals surface area contributed by atoms with Gasteiger partial charge in [0.05, 0.1) is 11.6 Å². The highest BCUT2D eigenvalue weighted by molar-refractivity contribution is 7.88. The number of aromatic nitrogens is 2. The molecule has 0 aromatic carbocycles. The van der Waals surface area contributed by atoms with Crippen molar-refractivity contribution >= 4 is 37.4 Å². The predicted octanol–water partition coefficient (Wildman–Crippen LogP) is 2.99. The van der Waals surface area contributed by atoms with Gasteiger partial charge in [0.15, 0.2) is 0 Å². The molecule has 0 unspecified atom stereocenters. The molecule has 0 N–H and O–H groups in total. The van der Waals surface area contributed by atoms with Crippen LogP contribution >= 0.6 is 11.3 Å². The van der Waals surface area contributed by atoms with E-state index in [1.807, 2.05) is 18.3 Å². The van der Waals surface area contributed by atoms with Gasteiger partial charge in [-0.3, -0.25) is 0 Å². The molecule has 1 aliphatic heterocycles. The number of fused-ring (bicyclic) bond motifs is 3. The molecule has 4 rings (SSSR count). The van der Waals surface area contributed by atoms with Gasteiger partial charge in [-0.05, 0) is 56.9 Å². The van der Waals surface area contributed by atoms with Crippen molar-refractivity contribution in [2.75, 3.05) is 37.8 Å². The minimum absolute atomic E-state index is 0.413. The Morgan fingerprint density at radius 2 is 1.89 bits per heavy atom. The van der Waals surface area contributed by atoms with E-state index in [9.17, 15) is 8.42 Å². The van der Waals surface area contributed by atoms with Gasteiger partial charge in [-0.1, -0.05) is 0 Å². The first-order valence-corrected chi connectivity index (χ1v) is 12.4. The average Bonchev–Trinajstić information content (AvgIpc) is 2.99. The van der Waals surface area contributed by atoms with E-state index in [-0.39, 0.29) is 0 Å². The topological polar surface area (TPSA) is 66.4 Å². The summed E-state index contributed by atoms with van der Waals surface area (Å²) in [4.78, 5) is 14.6. The summed E-state index contributed by atoms with van der Waals surface area (Å²) in [6.07, 6.45) is 8.13. The lowest BCUT2D eigenvalue weighted by Gasteiger charge is -2.34. The lowest BCUT2D eigenvalue weighted by Crippen LogP contribution is -2.39. The van der Waals surface area contributed by atoms with Crippen LogP contribution in [-0.2, 0) is 22.9 Å². The molecule has 0 amide bonds. The van der Waals surface area contributed by atoms with E-state index in [0.29, 0.717) is 12.5 Å². The Hall–Kier alpha value is -1.25. The first kappa shape index (κ1) is 19.1. The van der Waals surface area contributed by atoms with Gasteiger partial charge in [-0.2, -0.15) is 0 Å². The monoisotopic (exact) mass is 408 g/mol. The van der Waals surface area contributed by atoms with Gasteiger partial charge in [0, 0.05) is 31.6 Å². The lowest BCUT2D eigenvalue weighted by atomic mass is 9.95. The molecule has 2 aromatic heterocycles. The van der Waals surface area contributed by atoms with Crippen LogP contribution in [0.3, 0.4) is 0 Å². The Morgan fingerprint density at radius 1 is 1.19 bits per heavy atom. The van der Waals surface area contributed by atoms with Crippen LogP contribution in [0.25, 0.3) is 10.2 Å². The maximum Gasteiger partial charge on any atom is 0.210 e. The number of piperidine rings is 1. The van der Waals surface area contributed by atoms with E-state index in [0.717, 1.165) is 48.8 Å². The van der Waals surface area contributed by atoms with Crippen molar-refractivity contribution in [1.29, 1.82) is 0 Å². The summed E-state index contributed by atoms with van der Waals surface area (Å²) in [5.41, 5.74) is 1.48. The van der Waals surface area contributed by atoms with Gasteiger partial charge >= 0.3 is 0 Å². The fourth-order valence-corrected chi connectivity index (χ4v) is 6.08. The maximum absolute atomic E-state index is 11.7. The molecule has 2 aromatic rings. The van der Waals surface area contributed by atoms with Crippen LogP contribution in [0.2, 0.25) is 0 Å². The standard InChI is InChI=1S/C19H28N4O2S2/c1-13-20-18(17-15-6-4-5-7-16(15)26-19(17)21-13)23-10-8-14(9-11-23)12-22(2)27(3,24)25/h14H,4-12H2,1-3H3. The van der Waals surface area contributed by atoms with Crippen molar-refractivity contribution in [3.8, 4) is 0 Å². The summed E-state index contributed by atoms with van der Waals surface area (Å²) in [5.74, 6) is 2.36. The number of sulfonamides is 1. The SMILES string of the molecule is Cc1nc(N2CCC(CN(C)S(C)(=O)=O)CC2)c2c3c(sc2n1)CCCC3. The van der Waals surface area contributed by atoms with Crippen LogP contribution in [0, 0.1) is 12.8 Å². The molecule has 2 aliphatic rings. The highest BCUT2D eigenvalue weighted by Gasteiger charge is 2.27. The Bertz CT molecular complexity index is 946. The van der Waals surface area contributed by atoms with Gasteiger partial charge in [0.1, 0.15) is 16.5 Å².